The van der Waals surface area contributed by atoms with Crippen molar-refractivity contribution in [3.05, 3.63) is 35.9 Å². The predicted octanol–water partition coefficient (Wildman–Crippen LogP) is 6.47. The number of ether oxygens (including phenoxy) is 2. The highest BCUT2D eigenvalue weighted by Crippen LogP contribution is 2.41. The topological polar surface area (TPSA) is 71.1 Å². The van der Waals surface area contributed by atoms with E-state index in [0.717, 1.165) is 18.5 Å². The van der Waals surface area contributed by atoms with Crippen LogP contribution in [0.1, 0.15) is 92.1 Å². The Bertz CT molecular complexity index is 940. The summed E-state index contributed by atoms with van der Waals surface area (Å²) in [5, 5.41) is 3.25. The van der Waals surface area contributed by atoms with Crippen LogP contribution in [0.2, 0.25) is 0 Å². The Balaban J connectivity index is 1.77. The molecule has 1 aromatic rings. The summed E-state index contributed by atoms with van der Waals surface area (Å²) in [5.41, 5.74) is 0.113. The van der Waals surface area contributed by atoms with Crippen molar-refractivity contribution in [2.45, 2.75) is 111 Å². The Kier molecular flexibility index (Phi) is 11.5. The van der Waals surface area contributed by atoms with E-state index in [9.17, 15) is 9.59 Å². The number of hydrogen-bond donors (Lipinski definition) is 1. The number of amides is 2. The molecule has 2 amide bonds. The van der Waals surface area contributed by atoms with Crippen LogP contribution in [-0.2, 0) is 20.9 Å². The number of rotatable bonds is 12. The summed E-state index contributed by atoms with van der Waals surface area (Å²) in [7, 11) is 4.12. The maximum Gasteiger partial charge on any atom is 0.412 e. The molecule has 7 nitrogen and oxygen atoms in total. The average Bonchev–Trinajstić information content (AvgIpc) is 3.13. The Morgan fingerprint density at radius 3 is 2.38 bits per heavy atom. The van der Waals surface area contributed by atoms with Crippen LogP contribution in [0.15, 0.2) is 30.3 Å². The highest BCUT2D eigenvalue weighted by molar-refractivity contribution is 5.79. The standard InChI is InChI=1S/C33H55N3O4/c1-24(2)27(30(37)34-22-32(3,4)23-35(7)8)20-29-28(19-25-15-11-9-12-16-25)36(33(5,6)40-29)31(38)39-21-26-17-13-10-14-18-26/h10,13-14,17-18,24-25,27-29H,9,11-12,15-16,19-23H2,1-8H3,(H,34,37)/t27-,28-,29-/m0/s1. The third kappa shape index (κ3) is 9.20. The van der Waals surface area contributed by atoms with Gasteiger partial charge in [0, 0.05) is 19.0 Å². The van der Waals surface area contributed by atoms with E-state index in [1.54, 1.807) is 0 Å². The van der Waals surface area contributed by atoms with Gasteiger partial charge in [-0.05, 0) is 63.6 Å². The van der Waals surface area contributed by atoms with Gasteiger partial charge in [-0.25, -0.2) is 4.79 Å². The van der Waals surface area contributed by atoms with Gasteiger partial charge in [0.15, 0.2) is 0 Å². The van der Waals surface area contributed by atoms with Gasteiger partial charge in [0.25, 0.3) is 0 Å². The summed E-state index contributed by atoms with van der Waals surface area (Å²) in [5.74, 6) is 0.578. The van der Waals surface area contributed by atoms with E-state index < -0.39 is 5.72 Å². The van der Waals surface area contributed by atoms with E-state index >= 15 is 0 Å². The molecule has 0 spiro atoms. The van der Waals surface area contributed by atoms with Gasteiger partial charge in [-0.15, -0.1) is 0 Å². The number of carbonyl (C=O) groups is 2. The molecule has 1 aromatic carbocycles. The van der Waals surface area contributed by atoms with Crippen molar-refractivity contribution in [3.8, 4) is 0 Å². The van der Waals surface area contributed by atoms with Crippen LogP contribution < -0.4 is 5.32 Å². The minimum absolute atomic E-state index is 0.0324. The molecule has 0 radical (unpaired) electrons. The molecular formula is C33H55N3O4. The van der Waals surface area contributed by atoms with Gasteiger partial charge in [-0.2, -0.15) is 0 Å². The summed E-state index contributed by atoms with van der Waals surface area (Å²) in [6, 6.07) is 9.66. The van der Waals surface area contributed by atoms with Crippen LogP contribution in [0.4, 0.5) is 4.79 Å². The first-order valence-electron chi connectivity index (χ1n) is 15.4. The summed E-state index contributed by atoms with van der Waals surface area (Å²) in [6.07, 6.45) is 7.04. The lowest BCUT2D eigenvalue weighted by molar-refractivity contribution is -0.129. The average molecular weight is 558 g/mol. The van der Waals surface area contributed by atoms with Crippen molar-refractivity contribution < 1.29 is 19.1 Å². The van der Waals surface area contributed by atoms with Crippen LogP contribution >= 0.6 is 0 Å². The minimum Gasteiger partial charge on any atom is -0.444 e. The van der Waals surface area contributed by atoms with Gasteiger partial charge in [-0.3, -0.25) is 9.69 Å². The fraction of sp³-hybridized carbons (Fsp3) is 0.758. The van der Waals surface area contributed by atoms with Gasteiger partial charge in [-0.1, -0.05) is 90.1 Å². The molecule has 2 fully saturated rings. The number of nitrogens with one attached hydrogen (secondary N) is 1. The smallest absolute Gasteiger partial charge is 0.412 e. The molecule has 1 aliphatic carbocycles. The van der Waals surface area contributed by atoms with Crippen molar-refractivity contribution in [2.75, 3.05) is 27.2 Å². The zero-order chi connectivity index (χ0) is 29.5. The molecule has 1 N–H and O–H groups in total. The second kappa shape index (κ2) is 14.2. The fourth-order valence-corrected chi connectivity index (χ4v) is 6.74. The van der Waals surface area contributed by atoms with Crippen LogP contribution in [-0.4, -0.2) is 66.9 Å². The van der Waals surface area contributed by atoms with E-state index in [1.807, 2.05) is 49.1 Å². The van der Waals surface area contributed by atoms with Gasteiger partial charge in [0.2, 0.25) is 5.91 Å². The van der Waals surface area contributed by atoms with E-state index in [0.29, 0.717) is 18.9 Å². The normalized spacial score (nSPS) is 22.5. The first-order valence-corrected chi connectivity index (χ1v) is 15.4. The number of nitrogens with zero attached hydrogens (tertiary/aromatic N) is 2. The van der Waals surface area contributed by atoms with Crippen molar-refractivity contribution in [2.24, 2.45) is 23.2 Å². The minimum atomic E-state index is -0.816. The van der Waals surface area contributed by atoms with Crippen LogP contribution in [0.3, 0.4) is 0 Å². The van der Waals surface area contributed by atoms with Crippen molar-refractivity contribution >= 4 is 12.0 Å². The highest BCUT2D eigenvalue weighted by Gasteiger charge is 2.52. The lowest BCUT2D eigenvalue weighted by Gasteiger charge is -2.35. The predicted molar refractivity (Wildman–Crippen MR) is 161 cm³/mol. The molecule has 0 unspecified atom stereocenters. The summed E-state index contributed by atoms with van der Waals surface area (Å²) in [6.45, 7) is 14.2. The molecule has 0 aromatic heterocycles. The van der Waals surface area contributed by atoms with Gasteiger partial charge in [0.05, 0.1) is 12.1 Å². The zero-order valence-electron chi connectivity index (χ0n) is 26.4. The molecular weight excluding hydrogens is 502 g/mol. The second-order valence-corrected chi connectivity index (χ2v) is 14.0. The Labute approximate surface area is 243 Å². The molecule has 1 saturated carbocycles. The lowest BCUT2D eigenvalue weighted by Crippen LogP contribution is -2.49. The molecule has 226 valence electrons. The van der Waals surface area contributed by atoms with Gasteiger partial charge >= 0.3 is 6.09 Å². The monoisotopic (exact) mass is 557 g/mol. The van der Waals surface area contributed by atoms with E-state index in [1.165, 1.54) is 32.1 Å². The third-order valence-electron chi connectivity index (χ3n) is 8.60. The Morgan fingerprint density at radius 1 is 1.12 bits per heavy atom. The maximum atomic E-state index is 13.6. The van der Waals surface area contributed by atoms with Crippen molar-refractivity contribution in [1.29, 1.82) is 0 Å². The summed E-state index contributed by atoms with van der Waals surface area (Å²) in [4.78, 5) is 31.2. The third-order valence-corrected chi connectivity index (χ3v) is 8.60. The first kappa shape index (κ1) is 32.4. The first-order chi connectivity index (χ1) is 18.8. The molecule has 3 rings (SSSR count). The second-order valence-electron chi connectivity index (χ2n) is 14.0. The fourth-order valence-electron chi connectivity index (χ4n) is 6.74. The molecule has 2 aliphatic rings. The van der Waals surface area contributed by atoms with E-state index in [4.69, 9.17) is 9.47 Å². The van der Waals surface area contributed by atoms with Crippen LogP contribution in [0.5, 0.6) is 0 Å². The molecule has 1 heterocycles. The zero-order valence-corrected chi connectivity index (χ0v) is 26.4. The van der Waals surface area contributed by atoms with Gasteiger partial charge < -0.3 is 19.7 Å². The molecule has 1 saturated heterocycles. The Morgan fingerprint density at radius 2 is 1.77 bits per heavy atom. The van der Waals surface area contributed by atoms with E-state index in [2.05, 4.69) is 52.0 Å². The molecule has 0 bridgehead atoms. The quantitative estimate of drug-likeness (QED) is 0.319. The van der Waals surface area contributed by atoms with Crippen molar-refractivity contribution in [3.63, 3.8) is 0 Å². The van der Waals surface area contributed by atoms with Crippen molar-refractivity contribution in [1.82, 2.24) is 15.1 Å². The molecule has 40 heavy (non-hydrogen) atoms. The lowest BCUT2D eigenvalue weighted by atomic mass is 9.81. The largest absolute Gasteiger partial charge is 0.444 e. The highest BCUT2D eigenvalue weighted by atomic mass is 16.6. The molecule has 3 atom stereocenters. The number of carbonyl (C=O) groups excluding carboxylic acids is 2. The summed E-state index contributed by atoms with van der Waals surface area (Å²) >= 11 is 0. The van der Waals surface area contributed by atoms with Gasteiger partial charge in [0.1, 0.15) is 12.3 Å². The van der Waals surface area contributed by atoms with Crippen LogP contribution in [0.25, 0.3) is 0 Å². The number of benzene rings is 1. The number of hydrogen-bond acceptors (Lipinski definition) is 5. The molecule has 7 heteroatoms. The molecule has 1 aliphatic heterocycles. The maximum absolute atomic E-state index is 13.6. The van der Waals surface area contributed by atoms with Crippen LogP contribution in [0, 0.1) is 23.2 Å². The summed E-state index contributed by atoms with van der Waals surface area (Å²) < 4.78 is 12.5. The van der Waals surface area contributed by atoms with E-state index in [-0.39, 0.29) is 48.0 Å². The SMILES string of the molecule is CC(C)[C@H](C[C@@H]1OC(C)(C)N(C(=O)OCc2ccccc2)[C@H]1CC1CCCCC1)C(=O)NCC(C)(C)CN(C)C. The Hall–Kier alpha value is -2.12.